The van der Waals surface area contributed by atoms with E-state index < -0.39 is 0 Å². The van der Waals surface area contributed by atoms with Crippen LogP contribution in [0.15, 0.2) is 24.3 Å². The highest BCUT2D eigenvalue weighted by Crippen LogP contribution is 2.14. The highest BCUT2D eigenvalue weighted by molar-refractivity contribution is 6.04. The second kappa shape index (κ2) is 4.35. The zero-order valence-electron chi connectivity index (χ0n) is 9.45. The average Bonchev–Trinajstić information content (AvgIpc) is 2.72. The summed E-state index contributed by atoms with van der Waals surface area (Å²) in [5, 5.41) is 10.7. The molecule has 0 spiro atoms. The van der Waals surface area contributed by atoms with Crippen molar-refractivity contribution in [2.24, 2.45) is 0 Å². The summed E-state index contributed by atoms with van der Waals surface area (Å²) < 4.78 is 0. The van der Waals surface area contributed by atoms with Crippen LogP contribution in [0.1, 0.15) is 30.8 Å². The summed E-state index contributed by atoms with van der Waals surface area (Å²) in [5.74, 6) is -0.119. The first kappa shape index (κ1) is 10.7. The summed E-state index contributed by atoms with van der Waals surface area (Å²) in [6, 6.07) is 7.78. The lowest BCUT2D eigenvalue weighted by molar-refractivity contribution is 0.0936. The molecule has 0 saturated heterocycles. The zero-order valence-corrected chi connectivity index (χ0v) is 9.45. The summed E-state index contributed by atoms with van der Waals surface area (Å²) in [4.78, 5) is 11.9. The molecule has 1 atom stereocenters. The van der Waals surface area contributed by atoms with Crippen LogP contribution in [0.5, 0.6) is 0 Å². The number of carbonyl (C=O) groups is 1. The fourth-order valence-electron chi connectivity index (χ4n) is 1.53. The van der Waals surface area contributed by atoms with E-state index in [0.29, 0.717) is 5.69 Å². The highest BCUT2D eigenvalue weighted by atomic mass is 16.2. The number of para-hydroxylation sites is 1. The lowest BCUT2D eigenvalue weighted by Crippen LogP contribution is -2.32. The van der Waals surface area contributed by atoms with Gasteiger partial charge in [-0.1, -0.05) is 25.1 Å². The van der Waals surface area contributed by atoms with E-state index in [1.165, 1.54) is 0 Å². The van der Waals surface area contributed by atoms with Gasteiger partial charge in [0.15, 0.2) is 5.69 Å². The highest BCUT2D eigenvalue weighted by Gasteiger charge is 2.14. The molecular formula is C12H15N3O. The van der Waals surface area contributed by atoms with Gasteiger partial charge in [-0.25, -0.2) is 0 Å². The van der Waals surface area contributed by atoms with Gasteiger partial charge in [0, 0.05) is 11.4 Å². The molecule has 84 valence electrons. The van der Waals surface area contributed by atoms with Gasteiger partial charge in [-0.3, -0.25) is 9.89 Å². The molecule has 1 aromatic carbocycles. The number of aromatic nitrogens is 2. The van der Waals surface area contributed by atoms with E-state index in [4.69, 9.17) is 0 Å². The van der Waals surface area contributed by atoms with Gasteiger partial charge in [-0.05, 0) is 19.4 Å². The van der Waals surface area contributed by atoms with E-state index in [1.54, 1.807) is 0 Å². The molecule has 2 rings (SSSR count). The lowest BCUT2D eigenvalue weighted by Gasteiger charge is -2.09. The van der Waals surface area contributed by atoms with Gasteiger partial charge in [0.05, 0.1) is 5.52 Å². The number of H-pyrrole nitrogens is 1. The first-order valence-electron chi connectivity index (χ1n) is 5.46. The smallest absolute Gasteiger partial charge is 0.272 e. The van der Waals surface area contributed by atoms with Crippen molar-refractivity contribution in [1.82, 2.24) is 15.5 Å². The quantitative estimate of drug-likeness (QED) is 0.827. The Kier molecular flexibility index (Phi) is 2.90. The Bertz CT molecular complexity index is 504. The molecule has 0 saturated carbocycles. The first-order valence-corrected chi connectivity index (χ1v) is 5.46. The van der Waals surface area contributed by atoms with Crippen molar-refractivity contribution >= 4 is 16.8 Å². The molecule has 0 unspecified atom stereocenters. The number of fused-ring (bicyclic) bond motifs is 1. The number of hydrogen-bond donors (Lipinski definition) is 2. The number of hydrogen-bond acceptors (Lipinski definition) is 2. The summed E-state index contributed by atoms with van der Waals surface area (Å²) in [5.41, 5.74) is 1.35. The topological polar surface area (TPSA) is 57.8 Å². The molecule has 2 N–H and O–H groups in total. The Balaban J connectivity index is 2.30. The van der Waals surface area contributed by atoms with Crippen molar-refractivity contribution in [3.8, 4) is 0 Å². The number of nitrogens with zero attached hydrogens (tertiary/aromatic N) is 1. The van der Waals surface area contributed by atoms with E-state index >= 15 is 0 Å². The minimum absolute atomic E-state index is 0.119. The van der Waals surface area contributed by atoms with Gasteiger partial charge in [0.25, 0.3) is 5.91 Å². The molecular weight excluding hydrogens is 202 g/mol. The van der Waals surface area contributed by atoms with Gasteiger partial charge >= 0.3 is 0 Å². The Morgan fingerprint density at radius 2 is 2.25 bits per heavy atom. The van der Waals surface area contributed by atoms with E-state index in [0.717, 1.165) is 17.3 Å². The number of aromatic amines is 1. The third-order valence-corrected chi connectivity index (χ3v) is 2.68. The minimum Gasteiger partial charge on any atom is -0.348 e. The number of amides is 1. The van der Waals surface area contributed by atoms with Crippen LogP contribution in [0.4, 0.5) is 0 Å². The minimum atomic E-state index is -0.119. The molecule has 0 fully saturated rings. The standard InChI is InChI=1S/C12H15N3O/c1-3-8(2)13-12(16)11-9-6-4-5-7-10(9)14-15-11/h4-8H,3H2,1-2H3,(H,13,16)(H,14,15)/t8-/m0/s1. The zero-order chi connectivity index (χ0) is 11.5. The lowest BCUT2D eigenvalue weighted by atomic mass is 10.2. The van der Waals surface area contributed by atoms with E-state index in [1.807, 2.05) is 38.1 Å². The monoisotopic (exact) mass is 217 g/mol. The van der Waals surface area contributed by atoms with E-state index in [9.17, 15) is 4.79 Å². The molecule has 4 nitrogen and oxygen atoms in total. The van der Waals surface area contributed by atoms with Gasteiger partial charge in [-0.15, -0.1) is 0 Å². The van der Waals surface area contributed by atoms with Crippen LogP contribution in [0, 0.1) is 0 Å². The molecule has 16 heavy (non-hydrogen) atoms. The molecule has 1 heterocycles. The Morgan fingerprint density at radius 1 is 1.50 bits per heavy atom. The Hall–Kier alpha value is -1.84. The fourth-order valence-corrected chi connectivity index (χ4v) is 1.53. The van der Waals surface area contributed by atoms with Crippen LogP contribution in [-0.2, 0) is 0 Å². The van der Waals surface area contributed by atoms with Crippen molar-refractivity contribution in [3.63, 3.8) is 0 Å². The summed E-state index contributed by atoms with van der Waals surface area (Å²) in [6.07, 6.45) is 0.911. The summed E-state index contributed by atoms with van der Waals surface area (Å²) in [7, 11) is 0. The van der Waals surface area contributed by atoms with Crippen molar-refractivity contribution in [2.75, 3.05) is 0 Å². The second-order valence-electron chi connectivity index (χ2n) is 3.90. The van der Waals surface area contributed by atoms with Crippen LogP contribution in [-0.4, -0.2) is 22.1 Å². The van der Waals surface area contributed by atoms with Crippen LogP contribution >= 0.6 is 0 Å². The fraction of sp³-hybridized carbons (Fsp3) is 0.333. The molecule has 0 aliphatic heterocycles. The van der Waals surface area contributed by atoms with Crippen molar-refractivity contribution < 1.29 is 4.79 Å². The number of rotatable bonds is 3. The van der Waals surface area contributed by atoms with Crippen molar-refractivity contribution in [1.29, 1.82) is 0 Å². The maximum Gasteiger partial charge on any atom is 0.272 e. The molecule has 0 aliphatic rings. The van der Waals surface area contributed by atoms with Gasteiger partial charge in [-0.2, -0.15) is 5.10 Å². The Morgan fingerprint density at radius 3 is 3.00 bits per heavy atom. The molecule has 2 aromatic rings. The van der Waals surface area contributed by atoms with Gasteiger partial charge in [0.1, 0.15) is 0 Å². The number of benzene rings is 1. The molecule has 1 amide bonds. The van der Waals surface area contributed by atoms with Crippen molar-refractivity contribution in [3.05, 3.63) is 30.0 Å². The molecule has 0 aliphatic carbocycles. The van der Waals surface area contributed by atoms with Crippen LogP contribution in [0.25, 0.3) is 10.9 Å². The summed E-state index contributed by atoms with van der Waals surface area (Å²) in [6.45, 7) is 4.01. The molecule has 1 aromatic heterocycles. The first-order chi connectivity index (χ1) is 7.72. The average molecular weight is 217 g/mol. The molecule has 4 heteroatoms. The Labute approximate surface area is 94.0 Å². The van der Waals surface area contributed by atoms with Crippen LogP contribution < -0.4 is 5.32 Å². The van der Waals surface area contributed by atoms with Crippen LogP contribution in [0.3, 0.4) is 0 Å². The van der Waals surface area contributed by atoms with Crippen molar-refractivity contribution in [2.45, 2.75) is 26.3 Å². The summed E-state index contributed by atoms with van der Waals surface area (Å²) >= 11 is 0. The van der Waals surface area contributed by atoms with Crippen LogP contribution in [0.2, 0.25) is 0 Å². The molecule has 0 bridgehead atoms. The SMILES string of the molecule is CC[C@H](C)NC(=O)c1n[nH]c2ccccc12. The van der Waals surface area contributed by atoms with E-state index in [2.05, 4.69) is 15.5 Å². The maximum atomic E-state index is 11.9. The third-order valence-electron chi connectivity index (χ3n) is 2.68. The van der Waals surface area contributed by atoms with Gasteiger partial charge in [0.2, 0.25) is 0 Å². The normalized spacial score (nSPS) is 12.6. The van der Waals surface area contributed by atoms with E-state index in [-0.39, 0.29) is 11.9 Å². The number of nitrogens with one attached hydrogen (secondary N) is 2. The largest absolute Gasteiger partial charge is 0.348 e. The second-order valence-corrected chi connectivity index (χ2v) is 3.90. The predicted molar refractivity (Wildman–Crippen MR) is 63.3 cm³/mol. The van der Waals surface area contributed by atoms with Gasteiger partial charge < -0.3 is 5.32 Å². The predicted octanol–water partition coefficient (Wildman–Crippen LogP) is 2.09. The number of carbonyl (C=O) groups excluding carboxylic acids is 1. The third kappa shape index (κ3) is 1.91. The maximum absolute atomic E-state index is 11.9. The molecule has 0 radical (unpaired) electrons.